The van der Waals surface area contributed by atoms with Crippen molar-refractivity contribution in [3.8, 4) is 11.5 Å². The Balaban J connectivity index is 2.30. The topological polar surface area (TPSA) is 34.2 Å². The van der Waals surface area contributed by atoms with Crippen LogP contribution in [0, 0.1) is 13.8 Å². The van der Waals surface area contributed by atoms with Gasteiger partial charge >= 0.3 is 0 Å². The number of nitrogens with one attached hydrogen (secondary N) is 1. The van der Waals surface area contributed by atoms with E-state index in [0.29, 0.717) is 0 Å². The van der Waals surface area contributed by atoms with E-state index in [-0.39, 0.29) is 0 Å². The quantitative estimate of drug-likeness (QED) is 0.894. The third-order valence-electron chi connectivity index (χ3n) is 2.79. The molecule has 3 nitrogen and oxygen atoms in total. The van der Waals surface area contributed by atoms with Gasteiger partial charge in [-0.05, 0) is 44.2 Å². The van der Waals surface area contributed by atoms with Crippen LogP contribution >= 0.6 is 0 Å². The summed E-state index contributed by atoms with van der Waals surface area (Å²) in [7, 11) is 1.91. The van der Waals surface area contributed by atoms with Crippen LogP contribution in [0.15, 0.2) is 36.7 Å². The lowest BCUT2D eigenvalue weighted by Gasteiger charge is -2.12. The third kappa shape index (κ3) is 2.87. The van der Waals surface area contributed by atoms with Crippen molar-refractivity contribution < 1.29 is 4.74 Å². The van der Waals surface area contributed by atoms with Crippen LogP contribution < -0.4 is 10.1 Å². The maximum atomic E-state index is 5.99. The minimum Gasteiger partial charge on any atom is -0.457 e. The molecule has 0 saturated heterocycles. The Kier molecular flexibility index (Phi) is 3.95. The zero-order valence-electron chi connectivity index (χ0n) is 11.0. The number of nitrogens with zero attached hydrogens (tertiary/aromatic N) is 1. The number of hydrogen-bond donors (Lipinski definition) is 1. The molecule has 1 aromatic heterocycles. The first-order valence-electron chi connectivity index (χ1n) is 6.03. The second-order valence-electron chi connectivity index (χ2n) is 4.38. The lowest BCUT2D eigenvalue weighted by molar-refractivity contribution is 0.469. The van der Waals surface area contributed by atoms with Crippen molar-refractivity contribution in [2.45, 2.75) is 20.4 Å². The predicted molar refractivity (Wildman–Crippen MR) is 73.0 cm³/mol. The molecule has 0 fully saturated rings. The molecule has 0 aliphatic rings. The molecule has 94 valence electrons. The van der Waals surface area contributed by atoms with Crippen molar-refractivity contribution in [1.29, 1.82) is 0 Å². The predicted octanol–water partition coefficient (Wildman–Crippen LogP) is 3.21. The minimum absolute atomic E-state index is 0.744. The number of benzene rings is 1. The number of rotatable bonds is 4. The minimum atomic E-state index is 0.744. The van der Waals surface area contributed by atoms with E-state index in [1.807, 2.05) is 26.2 Å². The molecular weight excluding hydrogens is 224 g/mol. The zero-order chi connectivity index (χ0) is 13.0. The van der Waals surface area contributed by atoms with Gasteiger partial charge in [0, 0.05) is 24.5 Å². The molecule has 0 unspecified atom stereocenters. The Morgan fingerprint density at radius 3 is 2.78 bits per heavy atom. The Morgan fingerprint density at radius 1 is 1.17 bits per heavy atom. The molecule has 2 aromatic rings. The molecule has 0 aliphatic heterocycles. The van der Waals surface area contributed by atoms with E-state index >= 15 is 0 Å². The first-order valence-corrected chi connectivity index (χ1v) is 6.03. The van der Waals surface area contributed by atoms with Gasteiger partial charge in [0.05, 0.1) is 0 Å². The molecule has 0 bridgehead atoms. The highest BCUT2D eigenvalue weighted by Crippen LogP contribution is 2.28. The van der Waals surface area contributed by atoms with Crippen LogP contribution in [0.2, 0.25) is 0 Å². The van der Waals surface area contributed by atoms with Gasteiger partial charge in [-0.2, -0.15) is 0 Å². The lowest BCUT2D eigenvalue weighted by atomic mass is 10.1. The summed E-state index contributed by atoms with van der Waals surface area (Å²) in [4.78, 5) is 4.13. The van der Waals surface area contributed by atoms with Crippen LogP contribution in [0.1, 0.15) is 16.7 Å². The summed E-state index contributed by atoms with van der Waals surface area (Å²) < 4.78 is 5.99. The molecule has 18 heavy (non-hydrogen) atoms. The van der Waals surface area contributed by atoms with Gasteiger partial charge in [-0.1, -0.05) is 12.1 Å². The molecular formula is C15H18N2O. The van der Waals surface area contributed by atoms with Gasteiger partial charge in [-0.15, -0.1) is 0 Å². The van der Waals surface area contributed by atoms with E-state index in [9.17, 15) is 0 Å². The molecule has 0 spiro atoms. The van der Waals surface area contributed by atoms with Crippen LogP contribution in [0.4, 0.5) is 0 Å². The highest BCUT2D eigenvalue weighted by Gasteiger charge is 2.06. The number of aryl methyl sites for hydroxylation is 2. The second kappa shape index (κ2) is 5.65. The number of aromatic nitrogens is 1. The van der Waals surface area contributed by atoms with Gasteiger partial charge in [-0.25, -0.2) is 0 Å². The number of pyridine rings is 1. The molecule has 1 aromatic carbocycles. The summed E-state index contributed by atoms with van der Waals surface area (Å²) >= 11 is 0. The molecule has 0 amide bonds. The monoisotopic (exact) mass is 242 g/mol. The van der Waals surface area contributed by atoms with Crippen molar-refractivity contribution >= 4 is 0 Å². The Hall–Kier alpha value is -1.87. The summed E-state index contributed by atoms with van der Waals surface area (Å²) in [5, 5.41) is 3.12. The van der Waals surface area contributed by atoms with Crippen LogP contribution in [0.25, 0.3) is 0 Å². The van der Waals surface area contributed by atoms with Crippen LogP contribution in [0.5, 0.6) is 11.5 Å². The number of hydrogen-bond acceptors (Lipinski definition) is 3. The average Bonchev–Trinajstić information content (AvgIpc) is 2.36. The van der Waals surface area contributed by atoms with Gasteiger partial charge in [0.1, 0.15) is 11.5 Å². The van der Waals surface area contributed by atoms with Gasteiger partial charge in [0.25, 0.3) is 0 Å². The van der Waals surface area contributed by atoms with E-state index in [2.05, 4.69) is 35.4 Å². The highest BCUT2D eigenvalue weighted by atomic mass is 16.5. The maximum Gasteiger partial charge on any atom is 0.135 e. The Labute approximate surface area is 108 Å². The molecule has 0 atom stereocenters. The summed E-state index contributed by atoms with van der Waals surface area (Å²) in [6.07, 6.45) is 3.58. The Morgan fingerprint density at radius 2 is 2.00 bits per heavy atom. The molecule has 0 saturated carbocycles. The fourth-order valence-electron chi connectivity index (χ4n) is 1.77. The third-order valence-corrected chi connectivity index (χ3v) is 2.79. The molecule has 0 radical (unpaired) electrons. The van der Waals surface area contributed by atoms with Crippen molar-refractivity contribution in [3.05, 3.63) is 53.3 Å². The van der Waals surface area contributed by atoms with Crippen molar-refractivity contribution in [1.82, 2.24) is 10.3 Å². The normalized spacial score (nSPS) is 10.4. The van der Waals surface area contributed by atoms with E-state index in [0.717, 1.165) is 29.2 Å². The first kappa shape index (κ1) is 12.6. The molecule has 0 aliphatic carbocycles. The highest BCUT2D eigenvalue weighted by molar-refractivity contribution is 5.41. The molecule has 1 heterocycles. The zero-order valence-corrected chi connectivity index (χ0v) is 11.0. The van der Waals surface area contributed by atoms with E-state index in [1.54, 1.807) is 6.20 Å². The molecule has 3 heteroatoms. The van der Waals surface area contributed by atoms with Crippen molar-refractivity contribution in [2.24, 2.45) is 0 Å². The summed E-state index contributed by atoms with van der Waals surface area (Å²) in [6, 6.07) is 8.11. The summed E-state index contributed by atoms with van der Waals surface area (Å²) in [5.74, 6) is 1.76. The smallest absolute Gasteiger partial charge is 0.135 e. The second-order valence-corrected chi connectivity index (χ2v) is 4.38. The van der Waals surface area contributed by atoms with E-state index in [4.69, 9.17) is 4.74 Å². The fourth-order valence-corrected chi connectivity index (χ4v) is 1.77. The van der Waals surface area contributed by atoms with Crippen LogP contribution in [0.3, 0.4) is 0 Å². The van der Waals surface area contributed by atoms with Crippen molar-refractivity contribution in [2.75, 3.05) is 7.05 Å². The van der Waals surface area contributed by atoms with Crippen molar-refractivity contribution in [3.63, 3.8) is 0 Å². The fraction of sp³-hybridized carbons (Fsp3) is 0.267. The van der Waals surface area contributed by atoms with Crippen LogP contribution in [-0.4, -0.2) is 12.0 Å². The standard InChI is InChI=1S/C15H18N2O/c1-11-4-5-12(2)15(8-11)18-14-6-7-17-10-13(14)9-16-3/h4-8,10,16H,9H2,1-3H3. The Bertz CT molecular complexity index is 538. The summed E-state index contributed by atoms with van der Waals surface area (Å²) in [5.41, 5.74) is 3.38. The maximum absolute atomic E-state index is 5.99. The van der Waals surface area contributed by atoms with Gasteiger partial charge in [0.15, 0.2) is 0 Å². The van der Waals surface area contributed by atoms with Crippen LogP contribution in [-0.2, 0) is 6.54 Å². The van der Waals surface area contributed by atoms with Gasteiger partial charge < -0.3 is 10.1 Å². The van der Waals surface area contributed by atoms with E-state index < -0.39 is 0 Å². The largest absolute Gasteiger partial charge is 0.457 e. The number of ether oxygens (including phenoxy) is 1. The SMILES string of the molecule is CNCc1cnccc1Oc1cc(C)ccc1C. The van der Waals surface area contributed by atoms with E-state index in [1.165, 1.54) is 5.56 Å². The molecule has 1 N–H and O–H groups in total. The average molecular weight is 242 g/mol. The lowest BCUT2D eigenvalue weighted by Crippen LogP contribution is -2.06. The summed E-state index contributed by atoms with van der Waals surface area (Å²) in [6.45, 7) is 4.86. The van der Waals surface area contributed by atoms with Gasteiger partial charge in [-0.3, -0.25) is 4.98 Å². The first-order chi connectivity index (χ1) is 8.70. The van der Waals surface area contributed by atoms with Gasteiger partial charge in [0.2, 0.25) is 0 Å². The molecule has 2 rings (SSSR count).